The van der Waals surface area contributed by atoms with Crippen molar-refractivity contribution in [3.8, 4) is 6.07 Å². The van der Waals surface area contributed by atoms with E-state index in [9.17, 15) is 9.59 Å². The van der Waals surface area contributed by atoms with Crippen LogP contribution >= 0.6 is 0 Å². The molecule has 0 radical (unpaired) electrons. The van der Waals surface area contributed by atoms with Crippen molar-refractivity contribution >= 4 is 11.2 Å². The number of rotatable bonds is 10. The van der Waals surface area contributed by atoms with Crippen LogP contribution in [-0.2, 0) is 24.9 Å². The average molecular weight is 418 g/mol. The van der Waals surface area contributed by atoms with E-state index >= 15 is 0 Å². The first-order chi connectivity index (χ1) is 14.5. The van der Waals surface area contributed by atoms with Gasteiger partial charge >= 0.3 is 5.69 Å². The summed E-state index contributed by atoms with van der Waals surface area (Å²) in [5.41, 5.74) is 0.0115. The molecule has 2 aromatic rings. The van der Waals surface area contributed by atoms with Crippen molar-refractivity contribution in [1.82, 2.24) is 28.9 Å². The van der Waals surface area contributed by atoms with Crippen LogP contribution < -0.4 is 11.2 Å². The van der Waals surface area contributed by atoms with E-state index in [2.05, 4.69) is 32.8 Å². The van der Waals surface area contributed by atoms with Gasteiger partial charge in [-0.15, -0.1) is 0 Å². The molecule has 1 aliphatic heterocycles. The van der Waals surface area contributed by atoms with Crippen LogP contribution in [0.2, 0.25) is 0 Å². The van der Waals surface area contributed by atoms with E-state index in [-0.39, 0.29) is 0 Å². The number of unbranched alkanes of at least 4 members (excludes halogenated alkanes) is 1. The van der Waals surface area contributed by atoms with Crippen molar-refractivity contribution in [2.75, 3.05) is 45.9 Å². The summed E-state index contributed by atoms with van der Waals surface area (Å²) in [7, 11) is 1.80. The van der Waals surface area contributed by atoms with Crippen LogP contribution in [0.25, 0.3) is 11.2 Å². The summed E-state index contributed by atoms with van der Waals surface area (Å²) in [6.07, 6.45) is 2.20. The molecule has 0 spiro atoms. The predicted molar refractivity (Wildman–Crippen MR) is 113 cm³/mol. The molecule has 1 saturated heterocycles. The minimum atomic E-state index is -0.417. The zero-order valence-electron chi connectivity index (χ0n) is 17.9. The van der Waals surface area contributed by atoms with E-state index < -0.39 is 11.2 Å². The molecule has 0 aromatic carbocycles. The molecular weight excluding hydrogens is 386 g/mol. The maximum Gasteiger partial charge on any atom is 0.330 e. The van der Waals surface area contributed by atoms with E-state index in [4.69, 9.17) is 10.00 Å². The number of aromatic amines is 1. The molecule has 3 rings (SSSR count). The van der Waals surface area contributed by atoms with Gasteiger partial charge in [-0.3, -0.25) is 24.1 Å². The highest BCUT2D eigenvalue weighted by Crippen LogP contribution is 2.13. The third kappa shape index (κ3) is 5.16. The lowest BCUT2D eigenvalue weighted by Crippen LogP contribution is -2.41. The van der Waals surface area contributed by atoms with Gasteiger partial charge < -0.3 is 9.30 Å². The van der Waals surface area contributed by atoms with Gasteiger partial charge in [0.15, 0.2) is 11.2 Å². The number of nitrogens with one attached hydrogen (secondary N) is 1. The molecule has 10 heteroatoms. The number of aryl methyl sites for hydroxylation is 2. The number of morpholine rings is 1. The van der Waals surface area contributed by atoms with Crippen molar-refractivity contribution in [1.29, 1.82) is 5.26 Å². The lowest BCUT2D eigenvalue weighted by atomic mass is 10.3. The Balaban J connectivity index is 1.84. The van der Waals surface area contributed by atoms with Gasteiger partial charge in [0.1, 0.15) is 5.82 Å². The third-order valence-electron chi connectivity index (χ3n) is 5.58. The van der Waals surface area contributed by atoms with Crippen molar-refractivity contribution in [2.24, 2.45) is 7.05 Å². The Labute approximate surface area is 175 Å². The highest BCUT2D eigenvalue weighted by Gasteiger charge is 2.19. The molecule has 0 saturated carbocycles. The van der Waals surface area contributed by atoms with Crippen LogP contribution in [0.4, 0.5) is 0 Å². The number of hydrogen-bond donors (Lipinski definition) is 1. The summed E-state index contributed by atoms with van der Waals surface area (Å²) in [6, 6.07) is 2.21. The number of hydrogen-bond acceptors (Lipinski definition) is 7. The summed E-state index contributed by atoms with van der Waals surface area (Å²) in [4.78, 5) is 36.4. The molecule has 0 atom stereocenters. The quantitative estimate of drug-likeness (QED) is 0.590. The Kier molecular flexibility index (Phi) is 7.79. The highest BCUT2D eigenvalue weighted by molar-refractivity contribution is 5.70. The lowest BCUT2D eigenvalue weighted by molar-refractivity contribution is 0.0329. The van der Waals surface area contributed by atoms with Gasteiger partial charge in [0.05, 0.1) is 25.8 Å². The van der Waals surface area contributed by atoms with Crippen molar-refractivity contribution < 1.29 is 4.74 Å². The first kappa shape index (κ1) is 22.2. The highest BCUT2D eigenvalue weighted by atomic mass is 16.5. The first-order valence-corrected chi connectivity index (χ1v) is 10.6. The van der Waals surface area contributed by atoms with Gasteiger partial charge in [-0.1, -0.05) is 13.3 Å². The fourth-order valence-corrected chi connectivity index (χ4v) is 3.74. The van der Waals surface area contributed by atoms with Crippen LogP contribution in [0, 0.1) is 11.3 Å². The zero-order valence-corrected chi connectivity index (χ0v) is 17.9. The van der Waals surface area contributed by atoms with Crippen LogP contribution in [0.3, 0.4) is 0 Å². The smallest absolute Gasteiger partial charge is 0.330 e. The maximum atomic E-state index is 12.4. The minimum Gasteiger partial charge on any atom is -0.379 e. The van der Waals surface area contributed by atoms with E-state index in [0.29, 0.717) is 43.0 Å². The van der Waals surface area contributed by atoms with Gasteiger partial charge in [0.2, 0.25) is 0 Å². The Hall–Kier alpha value is -2.48. The number of aromatic nitrogens is 4. The van der Waals surface area contributed by atoms with Crippen molar-refractivity contribution in [2.45, 2.75) is 39.3 Å². The number of nitrogens with zero attached hydrogens (tertiary/aromatic N) is 6. The molecular formula is C20H31N7O3. The summed E-state index contributed by atoms with van der Waals surface area (Å²) in [5, 5.41) is 9.04. The topological polar surface area (TPSA) is 112 Å². The summed E-state index contributed by atoms with van der Waals surface area (Å²) < 4.78 is 8.73. The molecule has 1 aliphatic rings. The molecule has 3 heterocycles. The summed E-state index contributed by atoms with van der Waals surface area (Å²) >= 11 is 0. The Morgan fingerprint density at radius 3 is 2.70 bits per heavy atom. The second kappa shape index (κ2) is 10.5. The third-order valence-corrected chi connectivity index (χ3v) is 5.58. The Bertz CT molecular complexity index is 995. The predicted octanol–water partition coefficient (Wildman–Crippen LogP) is 0.271. The number of H-pyrrole nitrogens is 1. The molecule has 164 valence electrons. The summed E-state index contributed by atoms with van der Waals surface area (Å²) in [6.45, 7) is 8.73. The van der Waals surface area contributed by atoms with Gasteiger partial charge in [0, 0.05) is 52.7 Å². The Morgan fingerprint density at radius 2 is 2.00 bits per heavy atom. The summed E-state index contributed by atoms with van der Waals surface area (Å²) in [5.74, 6) is 0.714. The lowest BCUT2D eigenvalue weighted by Gasteiger charge is -2.29. The molecule has 0 amide bonds. The molecule has 0 bridgehead atoms. The minimum absolute atomic E-state index is 0.411. The van der Waals surface area contributed by atoms with Gasteiger partial charge in [-0.25, -0.2) is 9.78 Å². The molecule has 0 unspecified atom stereocenters. The Morgan fingerprint density at radius 1 is 1.23 bits per heavy atom. The normalized spacial score (nSPS) is 15.1. The SMILES string of the molecule is CCCCn1c(=O)[nH]c(=O)c2c1nc(CN(CCC#N)CCN1CCOCC1)n2C. The monoisotopic (exact) mass is 417 g/mol. The van der Waals surface area contributed by atoms with E-state index in [0.717, 1.165) is 52.2 Å². The van der Waals surface area contributed by atoms with E-state index in [1.807, 2.05) is 0 Å². The zero-order chi connectivity index (χ0) is 21.5. The second-order valence-corrected chi connectivity index (χ2v) is 7.66. The van der Waals surface area contributed by atoms with Gasteiger partial charge in [0.25, 0.3) is 5.56 Å². The number of fused-ring (bicyclic) bond motifs is 1. The number of nitriles is 1. The molecule has 30 heavy (non-hydrogen) atoms. The average Bonchev–Trinajstić information content (AvgIpc) is 3.07. The van der Waals surface area contributed by atoms with Crippen LogP contribution in [-0.4, -0.2) is 74.8 Å². The molecule has 1 fully saturated rings. The number of imidazole rings is 1. The van der Waals surface area contributed by atoms with Crippen LogP contribution in [0.5, 0.6) is 0 Å². The van der Waals surface area contributed by atoms with Crippen molar-refractivity contribution in [3.63, 3.8) is 0 Å². The maximum absolute atomic E-state index is 12.4. The van der Waals surface area contributed by atoms with Crippen LogP contribution in [0.1, 0.15) is 32.0 Å². The van der Waals surface area contributed by atoms with E-state index in [1.165, 1.54) is 0 Å². The molecule has 1 N–H and O–H groups in total. The fourth-order valence-electron chi connectivity index (χ4n) is 3.74. The standard InChI is InChI=1S/C20H31N7O3/c1-3-4-8-27-18-17(19(28)23-20(27)29)24(2)16(22-18)15-26(7-5-6-21)10-9-25-11-13-30-14-12-25/h3-5,7-15H2,1-2H3,(H,23,28,29). The van der Waals surface area contributed by atoms with E-state index in [1.54, 1.807) is 16.2 Å². The molecule has 0 aliphatic carbocycles. The van der Waals surface area contributed by atoms with Gasteiger partial charge in [-0.05, 0) is 6.42 Å². The van der Waals surface area contributed by atoms with Gasteiger partial charge in [-0.2, -0.15) is 5.26 Å². The number of ether oxygens (including phenoxy) is 1. The molecule has 2 aromatic heterocycles. The fraction of sp³-hybridized carbons (Fsp3) is 0.700. The largest absolute Gasteiger partial charge is 0.379 e. The first-order valence-electron chi connectivity index (χ1n) is 10.6. The van der Waals surface area contributed by atoms with Crippen molar-refractivity contribution in [3.05, 3.63) is 26.7 Å². The van der Waals surface area contributed by atoms with Crippen LogP contribution in [0.15, 0.2) is 9.59 Å². The second-order valence-electron chi connectivity index (χ2n) is 7.66. The molecule has 10 nitrogen and oxygen atoms in total.